The predicted molar refractivity (Wildman–Crippen MR) is 120 cm³/mol. The Morgan fingerprint density at radius 2 is 2.03 bits per heavy atom. The molecule has 0 unspecified atom stereocenters. The molecule has 7 nitrogen and oxygen atoms in total. The first-order valence-corrected chi connectivity index (χ1v) is 10.6. The first-order chi connectivity index (χ1) is 15.9. The van der Waals surface area contributed by atoms with Gasteiger partial charge in [-0.2, -0.15) is 0 Å². The van der Waals surface area contributed by atoms with Crippen LogP contribution in [0.4, 0.5) is 4.39 Å². The van der Waals surface area contributed by atoms with Crippen LogP contribution in [0.5, 0.6) is 5.75 Å². The highest BCUT2D eigenvalue weighted by atomic mass is 35.5. The first kappa shape index (κ1) is 22.5. The second kappa shape index (κ2) is 9.46. The van der Waals surface area contributed by atoms with Gasteiger partial charge in [-0.3, -0.25) is 9.59 Å². The van der Waals surface area contributed by atoms with Crippen LogP contribution in [-0.2, 0) is 16.1 Å². The van der Waals surface area contributed by atoms with Crippen LogP contribution in [0, 0.1) is 5.82 Å². The number of aliphatic hydroxyl groups excluding tert-OH is 1. The Labute approximate surface area is 194 Å². The summed E-state index contributed by atoms with van der Waals surface area (Å²) in [6, 6.07) is 9.25. The lowest BCUT2D eigenvalue weighted by atomic mass is 9.95. The van der Waals surface area contributed by atoms with Crippen LogP contribution in [0.1, 0.15) is 23.6 Å². The maximum atomic E-state index is 14.1. The van der Waals surface area contributed by atoms with Crippen molar-refractivity contribution in [2.75, 3.05) is 13.7 Å². The number of halogens is 2. The molecule has 2 aromatic carbocycles. The Morgan fingerprint density at radius 3 is 2.70 bits per heavy atom. The molecule has 0 saturated carbocycles. The van der Waals surface area contributed by atoms with E-state index < -0.39 is 23.5 Å². The van der Waals surface area contributed by atoms with Crippen molar-refractivity contribution in [3.63, 3.8) is 0 Å². The van der Waals surface area contributed by atoms with Crippen molar-refractivity contribution in [3.05, 3.63) is 88.7 Å². The third-order valence-corrected chi connectivity index (χ3v) is 5.80. The lowest BCUT2D eigenvalue weighted by molar-refractivity contribution is -0.139. The molecule has 33 heavy (non-hydrogen) atoms. The van der Waals surface area contributed by atoms with Crippen molar-refractivity contribution in [2.24, 2.45) is 0 Å². The Bertz CT molecular complexity index is 1230. The Morgan fingerprint density at radius 1 is 1.21 bits per heavy atom. The van der Waals surface area contributed by atoms with Gasteiger partial charge in [-0.05, 0) is 42.3 Å². The van der Waals surface area contributed by atoms with Gasteiger partial charge in [-0.25, -0.2) is 9.37 Å². The van der Waals surface area contributed by atoms with E-state index in [0.29, 0.717) is 24.3 Å². The molecule has 1 aromatic heterocycles. The Balaban J connectivity index is 1.75. The van der Waals surface area contributed by atoms with Crippen molar-refractivity contribution in [1.29, 1.82) is 0 Å². The summed E-state index contributed by atoms with van der Waals surface area (Å²) >= 11 is 6.19. The van der Waals surface area contributed by atoms with E-state index >= 15 is 0 Å². The van der Waals surface area contributed by atoms with Gasteiger partial charge in [0.05, 0.1) is 30.1 Å². The van der Waals surface area contributed by atoms with E-state index in [4.69, 9.17) is 16.3 Å². The van der Waals surface area contributed by atoms with Gasteiger partial charge < -0.3 is 19.3 Å². The second-order valence-electron chi connectivity index (χ2n) is 7.55. The molecule has 9 heteroatoms. The highest BCUT2D eigenvalue weighted by Crippen LogP contribution is 2.40. The number of hydrogen-bond acceptors (Lipinski definition) is 5. The molecule has 2 heterocycles. The van der Waals surface area contributed by atoms with Gasteiger partial charge in [-0.15, -0.1) is 0 Å². The van der Waals surface area contributed by atoms with E-state index in [1.807, 2.05) is 4.57 Å². The first-order valence-electron chi connectivity index (χ1n) is 10.2. The van der Waals surface area contributed by atoms with Crippen LogP contribution >= 0.6 is 11.6 Å². The van der Waals surface area contributed by atoms with Crippen LogP contribution < -0.4 is 4.74 Å². The second-order valence-corrected chi connectivity index (χ2v) is 7.96. The molecule has 1 saturated heterocycles. The molecule has 1 aliphatic heterocycles. The summed E-state index contributed by atoms with van der Waals surface area (Å²) in [4.78, 5) is 31.3. The van der Waals surface area contributed by atoms with Crippen LogP contribution in [0.2, 0.25) is 5.02 Å². The number of likely N-dealkylation sites (tertiary alicyclic amines) is 1. The van der Waals surface area contributed by atoms with Crippen molar-refractivity contribution < 1.29 is 23.8 Å². The van der Waals surface area contributed by atoms with Gasteiger partial charge >= 0.3 is 0 Å². The zero-order valence-electron chi connectivity index (χ0n) is 17.7. The van der Waals surface area contributed by atoms with Crippen LogP contribution in [0.3, 0.4) is 0 Å². The van der Waals surface area contributed by atoms with Gasteiger partial charge in [0.25, 0.3) is 11.7 Å². The number of aromatic nitrogens is 2. The number of aryl methyl sites for hydroxylation is 1. The average Bonchev–Trinajstić information content (AvgIpc) is 3.41. The van der Waals surface area contributed by atoms with Gasteiger partial charge in [0.1, 0.15) is 17.3 Å². The predicted octanol–water partition coefficient (Wildman–Crippen LogP) is 4.20. The van der Waals surface area contributed by atoms with E-state index in [2.05, 4.69) is 4.98 Å². The van der Waals surface area contributed by atoms with E-state index in [1.165, 1.54) is 42.3 Å². The summed E-state index contributed by atoms with van der Waals surface area (Å²) in [5, 5.41) is 11.3. The number of imidazole rings is 1. The summed E-state index contributed by atoms with van der Waals surface area (Å²) in [5.41, 5.74) is 0.520. The highest BCUT2D eigenvalue weighted by molar-refractivity contribution is 6.46. The fourth-order valence-electron chi connectivity index (χ4n) is 3.95. The van der Waals surface area contributed by atoms with E-state index in [9.17, 15) is 19.1 Å². The standard InChI is InChI=1S/C24H21ClFN3O4/c1-33-19-7-6-16(13-18(19)25)22(30)20-21(15-4-2-5-17(26)12-15)29(24(32)23(20)31)10-3-9-28-11-8-27-14-28/h2,4-8,11-14,21,30H,3,9-10H2,1H3/t21-/m0/s1. The number of benzene rings is 2. The number of aliphatic hydroxyl groups is 1. The zero-order chi connectivity index (χ0) is 23.5. The van der Waals surface area contributed by atoms with Crippen LogP contribution in [0.25, 0.3) is 5.76 Å². The summed E-state index contributed by atoms with van der Waals surface area (Å²) in [7, 11) is 1.46. The molecule has 1 amide bonds. The van der Waals surface area contributed by atoms with E-state index in [-0.39, 0.29) is 28.5 Å². The molecule has 1 atom stereocenters. The normalized spacial score (nSPS) is 17.5. The zero-order valence-corrected chi connectivity index (χ0v) is 18.5. The molecule has 3 aromatic rings. The number of ketones is 1. The minimum absolute atomic E-state index is 0.116. The number of ether oxygens (including phenoxy) is 1. The van der Waals surface area contributed by atoms with Crippen LogP contribution in [0.15, 0.2) is 66.8 Å². The third-order valence-electron chi connectivity index (χ3n) is 5.50. The van der Waals surface area contributed by atoms with Crippen molar-refractivity contribution in [3.8, 4) is 5.75 Å². The molecule has 0 bridgehead atoms. The lowest BCUT2D eigenvalue weighted by Gasteiger charge is -2.25. The van der Waals surface area contributed by atoms with Crippen molar-refractivity contribution in [2.45, 2.75) is 19.0 Å². The highest BCUT2D eigenvalue weighted by Gasteiger charge is 2.45. The van der Waals surface area contributed by atoms with E-state index in [1.54, 1.807) is 30.9 Å². The van der Waals surface area contributed by atoms with E-state index in [0.717, 1.165) is 0 Å². The molecule has 1 aliphatic rings. The summed E-state index contributed by atoms with van der Waals surface area (Å²) < 4.78 is 21.0. The molecular formula is C24H21ClFN3O4. The smallest absolute Gasteiger partial charge is 0.295 e. The van der Waals surface area contributed by atoms with Gasteiger partial charge in [0.2, 0.25) is 0 Å². The number of hydrogen-bond donors (Lipinski definition) is 1. The fraction of sp³-hybridized carbons (Fsp3) is 0.208. The number of nitrogens with zero attached hydrogens (tertiary/aromatic N) is 3. The topological polar surface area (TPSA) is 84.7 Å². The van der Waals surface area contributed by atoms with Gasteiger partial charge in [0, 0.05) is 31.0 Å². The molecule has 170 valence electrons. The number of amides is 1. The largest absolute Gasteiger partial charge is 0.507 e. The molecule has 0 spiro atoms. The van der Waals surface area contributed by atoms with Crippen LogP contribution in [-0.4, -0.2) is 44.9 Å². The number of methoxy groups -OCH3 is 1. The number of carbonyl (C=O) groups excluding carboxylic acids is 2. The molecule has 0 radical (unpaired) electrons. The summed E-state index contributed by atoms with van der Waals surface area (Å²) in [6.45, 7) is 0.803. The third kappa shape index (κ3) is 4.47. The minimum Gasteiger partial charge on any atom is -0.507 e. The van der Waals surface area contributed by atoms with Gasteiger partial charge in [0.15, 0.2) is 0 Å². The van der Waals surface area contributed by atoms with Crippen molar-refractivity contribution >= 4 is 29.1 Å². The van der Waals surface area contributed by atoms with Crippen molar-refractivity contribution in [1.82, 2.24) is 14.5 Å². The molecule has 0 aliphatic carbocycles. The quantitative estimate of drug-likeness (QED) is 0.318. The summed E-state index contributed by atoms with van der Waals surface area (Å²) in [6.07, 6.45) is 5.64. The molecule has 1 fully saturated rings. The number of Topliss-reactive ketones (excluding diaryl/α,β-unsaturated/α-hetero) is 1. The molecule has 1 N–H and O–H groups in total. The SMILES string of the molecule is COc1ccc(C(O)=C2C(=O)C(=O)N(CCCn3ccnc3)[C@H]2c2cccc(F)c2)cc1Cl. The number of carbonyl (C=O) groups is 2. The maximum absolute atomic E-state index is 14.1. The maximum Gasteiger partial charge on any atom is 0.295 e. The number of rotatable bonds is 7. The Hall–Kier alpha value is -3.65. The average molecular weight is 470 g/mol. The lowest BCUT2D eigenvalue weighted by Crippen LogP contribution is -2.31. The molecule has 4 rings (SSSR count). The van der Waals surface area contributed by atoms with Gasteiger partial charge in [-0.1, -0.05) is 23.7 Å². The molecular weight excluding hydrogens is 449 g/mol. The minimum atomic E-state index is -0.940. The Kier molecular flexibility index (Phi) is 6.46. The monoisotopic (exact) mass is 469 g/mol. The summed E-state index contributed by atoms with van der Waals surface area (Å²) in [5.74, 6) is -2.09. The fourth-order valence-corrected chi connectivity index (χ4v) is 4.20.